The molecule has 0 aliphatic carbocycles. The Morgan fingerprint density at radius 1 is 1.64 bits per heavy atom. The Kier molecular flexibility index (Phi) is 3.01. The number of carbonyl (C=O) groups excluding carboxylic acids is 1. The van der Waals surface area contributed by atoms with Crippen LogP contribution < -0.4 is 16.1 Å². The quantitative estimate of drug-likeness (QED) is 0.664. The normalized spacial score (nSPS) is 11.4. The first kappa shape index (κ1) is 11.3. The molecule has 6 nitrogen and oxygen atoms in total. The van der Waals surface area contributed by atoms with Crippen LogP contribution in [0.5, 0.6) is 0 Å². The lowest BCUT2D eigenvalue weighted by Crippen LogP contribution is -2.28. The van der Waals surface area contributed by atoms with E-state index in [2.05, 4.69) is 0 Å². The van der Waals surface area contributed by atoms with E-state index in [0.717, 1.165) is 0 Å². The number of rotatable bonds is 2. The van der Waals surface area contributed by atoms with Crippen molar-refractivity contribution in [1.29, 1.82) is 0 Å². The van der Waals surface area contributed by atoms with Crippen LogP contribution in [-0.4, -0.2) is 5.91 Å². The number of hydrogen-bond donors (Lipinski definition) is 3. The summed E-state index contributed by atoms with van der Waals surface area (Å²) in [5, 5.41) is 2.01. The Balaban J connectivity index is 2.90. The Hall–Kier alpha value is -0.810. The molecule has 0 aliphatic rings. The minimum Gasteiger partial charge on any atom is -0.449 e. The highest BCUT2D eigenvalue weighted by Crippen LogP contribution is 2.23. The predicted octanol–water partition coefficient (Wildman–Crippen LogP) is 0.997. The van der Waals surface area contributed by atoms with Gasteiger partial charge in [0.15, 0.2) is 5.22 Å². The summed E-state index contributed by atoms with van der Waals surface area (Å²) in [5.74, 6) is -0.368. The first-order chi connectivity index (χ1) is 6.29. The molecule has 0 radical (unpaired) electrons. The number of carbonyl (C=O) groups is 1. The maximum Gasteiger partial charge on any atom is 0.300 e. The summed E-state index contributed by atoms with van der Waals surface area (Å²) in [5.41, 5.74) is 10.1. The van der Waals surface area contributed by atoms with Crippen LogP contribution in [0, 0.1) is 6.92 Å². The maximum atomic E-state index is 11.3. The summed E-state index contributed by atoms with van der Waals surface area (Å²) in [6.45, 7) is 1.54. The van der Waals surface area contributed by atoms with Gasteiger partial charge in [-0.25, -0.2) is 0 Å². The fraction of sp³-hybridized carbons (Fsp3) is 0.167. The average Bonchev–Trinajstić information content (AvgIpc) is 2.26. The Bertz CT molecular complexity index is 410. The molecule has 0 aliphatic heterocycles. The van der Waals surface area contributed by atoms with Crippen molar-refractivity contribution >= 4 is 25.1 Å². The summed E-state index contributed by atoms with van der Waals surface area (Å²) < 4.78 is 15.8. The summed E-state index contributed by atoms with van der Waals surface area (Å²) in [4.78, 5) is 11.3. The van der Waals surface area contributed by atoms with Crippen molar-refractivity contribution < 1.29 is 13.8 Å². The standard InChI is InChI=1S/C6H9ClN3O3P/c1-3-4(2-5(7)13-3)6(11)10-14(8,9)12/h2H,1H3,(H5,8,9,10,11,12). The van der Waals surface area contributed by atoms with Crippen molar-refractivity contribution in [3.63, 3.8) is 0 Å². The van der Waals surface area contributed by atoms with Gasteiger partial charge in [0, 0.05) is 6.07 Å². The minimum atomic E-state index is -3.58. The molecule has 8 heteroatoms. The monoisotopic (exact) mass is 237 g/mol. The third-order valence-electron chi connectivity index (χ3n) is 1.41. The largest absolute Gasteiger partial charge is 0.449 e. The van der Waals surface area contributed by atoms with E-state index >= 15 is 0 Å². The van der Waals surface area contributed by atoms with Gasteiger partial charge in [-0.15, -0.1) is 0 Å². The lowest BCUT2D eigenvalue weighted by atomic mass is 10.2. The van der Waals surface area contributed by atoms with Crippen LogP contribution in [0.25, 0.3) is 0 Å². The van der Waals surface area contributed by atoms with Crippen LogP contribution in [-0.2, 0) is 4.57 Å². The van der Waals surface area contributed by atoms with Gasteiger partial charge in [-0.05, 0) is 18.5 Å². The fourth-order valence-corrected chi connectivity index (χ4v) is 1.55. The van der Waals surface area contributed by atoms with Crippen LogP contribution >= 0.6 is 19.2 Å². The Morgan fingerprint density at radius 2 is 2.21 bits per heavy atom. The molecule has 0 bridgehead atoms. The molecule has 0 atom stereocenters. The van der Waals surface area contributed by atoms with E-state index in [1.165, 1.54) is 6.07 Å². The van der Waals surface area contributed by atoms with E-state index in [-0.39, 0.29) is 10.8 Å². The molecule has 1 amide bonds. The maximum absolute atomic E-state index is 11.3. The van der Waals surface area contributed by atoms with Gasteiger partial charge < -0.3 is 4.42 Å². The summed E-state index contributed by atoms with van der Waals surface area (Å²) in [6.07, 6.45) is 0. The molecular weight excluding hydrogens is 229 g/mol. The molecule has 78 valence electrons. The van der Waals surface area contributed by atoms with Crippen LogP contribution in [0.2, 0.25) is 5.22 Å². The van der Waals surface area contributed by atoms with Crippen molar-refractivity contribution in [3.8, 4) is 0 Å². The summed E-state index contributed by atoms with van der Waals surface area (Å²) in [6, 6.07) is 1.29. The summed E-state index contributed by atoms with van der Waals surface area (Å²) >= 11 is 5.50. The van der Waals surface area contributed by atoms with E-state index in [1.807, 2.05) is 5.09 Å². The molecule has 0 fully saturated rings. The zero-order valence-electron chi connectivity index (χ0n) is 7.28. The zero-order chi connectivity index (χ0) is 10.9. The molecular formula is C6H9ClN3O3P. The number of amides is 1. The first-order valence-electron chi connectivity index (χ1n) is 3.55. The van der Waals surface area contributed by atoms with Gasteiger partial charge in [0.2, 0.25) is 0 Å². The molecule has 0 saturated carbocycles. The highest BCUT2D eigenvalue weighted by atomic mass is 35.5. The van der Waals surface area contributed by atoms with Gasteiger partial charge in [0.25, 0.3) is 5.91 Å². The predicted molar refractivity (Wildman–Crippen MR) is 51.9 cm³/mol. The second-order valence-corrected chi connectivity index (χ2v) is 4.69. The molecule has 0 spiro atoms. The third kappa shape index (κ3) is 2.85. The smallest absolute Gasteiger partial charge is 0.300 e. The van der Waals surface area contributed by atoms with Gasteiger partial charge in [0.1, 0.15) is 5.76 Å². The van der Waals surface area contributed by atoms with Gasteiger partial charge in [-0.1, -0.05) is 0 Å². The second-order valence-electron chi connectivity index (χ2n) is 2.67. The molecule has 0 saturated heterocycles. The lowest BCUT2D eigenvalue weighted by molar-refractivity contribution is 0.0979. The molecule has 1 aromatic heterocycles. The number of halogens is 1. The number of hydrogen-bond acceptors (Lipinski definition) is 3. The molecule has 1 heterocycles. The zero-order valence-corrected chi connectivity index (χ0v) is 8.93. The summed E-state index contributed by atoms with van der Waals surface area (Å²) in [7, 11) is -3.58. The second kappa shape index (κ2) is 3.74. The molecule has 14 heavy (non-hydrogen) atoms. The SMILES string of the molecule is Cc1oc(Cl)cc1C(=O)NP(N)(N)=O. The van der Waals surface area contributed by atoms with Gasteiger partial charge in [-0.3, -0.25) is 25.5 Å². The number of aryl methyl sites for hydroxylation is 1. The lowest BCUT2D eigenvalue weighted by Gasteiger charge is -2.07. The van der Waals surface area contributed by atoms with Crippen molar-refractivity contribution in [3.05, 3.63) is 22.6 Å². The molecule has 1 aromatic rings. The average molecular weight is 238 g/mol. The molecule has 5 N–H and O–H groups in total. The fourth-order valence-electron chi connectivity index (χ4n) is 0.890. The Labute approximate surface area is 85.1 Å². The highest BCUT2D eigenvalue weighted by molar-refractivity contribution is 7.57. The Morgan fingerprint density at radius 3 is 2.57 bits per heavy atom. The van der Waals surface area contributed by atoms with Gasteiger partial charge in [-0.2, -0.15) is 0 Å². The van der Waals surface area contributed by atoms with Crippen molar-refractivity contribution in [2.24, 2.45) is 11.0 Å². The van der Waals surface area contributed by atoms with Gasteiger partial charge >= 0.3 is 7.59 Å². The topological polar surface area (TPSA) is 111 Å². The van der Waals surface area contributed by atoms with E-state index in [9.17, 15) is 9.36 Å². The third-order valence-corrected chi connectivity index (χ3v) is 2.15. The molecule has 0 unspecified atom stereocenters. The van der Waals surface area contributed by atoms with Crippen LogP contribution in [0.3, 0.4) is 0 Å². The van der Waals surface area contributed by atoms with Crippen molar-refractivity contribution in [2.75, 3.05) is 0 Å². The van der Waals surface area contributed by atoms with E-state index in [4.69, 9.17) is 27.0 Å². The van der Waals surface area contributed by atoms with Crippen molar-refractivity contribution in [2.45, 2.75) is 6.92 Å². The molecule has 0 aromatic carbocycles. The minimum absolute atomic E-state index is 0.0662. The van der Waals surface area contributed by atoms with Crippen LogP contribution in [0.4, 0.5) is 0 Å². The van der Waals surface area contributed by atoms with Crippen molar-refractivity contribution in [1.82, 2.24) is 5.09 Å². The highest BCUT2D eigenvalue weighted by Gasteiger charge is 2.19. The van der Waals surface area contributed by atoms with E-state index in [0.29, 0.717) is 5.76 Å². The first-order valence-corrected chi connectivity index (χ1v) is 5.77. The van der Waals surface area contributed by atoms with Crippen LogP contribution in [0.1, 0.15) is 16.1 Å². The van der Waals surface area contributed by atoms with Gasteiger partial charge in [0.05, 0.1) is 5.56 Å². The molecule has 1 rings (SSSR count). The van der Waals surface area contributed by atoms with E-state index < -0.39 is 13.5 Å². The number of furan rings is 1. The van der Waals surface area contributed by atoms with E-state index in [1.54, 1.807) is 6.92 Å². The number of nitrogens with one attached hydrogen (secondary N) is 1. The number of nitrogens with two attached hydrogens (primary N) is 2. The van der Waals surface area contributed by atoms with Crippen LogP contribution in [0.15, 0.2) is 10.5 Å².